The van der Waals surface area contributed by atoms with E-state index in [0.29, 0.717) is 6.42 Å². The van der Waals surface area contributed by atoms with Crippen LogP contribution in [0.5, 0.6) is 0 Å². The van der Waals surface area contributed by atoms with Crippen LogP contribution in [-0.4, -0.2) is 12.0 Å². The third kappa shape index (κ3) is 1.54. The van der Waals surface area contributed by atoms with Crippen molar-refractivity contribution >= 4 is 5.91 Å². The van der Waals surface area contributed by atoms with Gasteiger partial charge in [0.05, 0.1) is 0 Å². The zero-order chi connectivity index (χ0) is 6.69. The fourth-order valence-electron chi connectivity index (χ4n) is 0.691. The summed E-state index contributed by atoms with van der Waals surface area (Å²) in [7, 11) is 0. The molecular formula is C6H9NO2. The Morgan fingerprint density at radius 2 is 2.67 bits per heavy atom. The van der Waals surface area contributed by atoms with E-state index in [9.17, 15) is 4.79 Å². The Morgan fingerprint density at radius 3 is 3.11 bits per heavy atom. The molecule has 1 unspecified atom stereocenters. The lowest BCUT2D eigenvalue weighted by Gasteiger charge is -2.18. The van der Waals surface area contributed by atoms with Crippen molar-refractivity contribution in [2.45, 2.75) is 18.9 Å². The molecule has 1 fully saturated rings. The van der Waals surface area contributed by atoms with Crippen molar-refractivity contribution in [3.8, 4) is 0 Å². The van der Waals surface area contributed by atoms with Gasteiger partial charge in [-0.25, -0.2) is 5.48 Å². The SMILES string of the molecule is C=CC1CCC(=O)NO1. The minimum atomic E-state index is -0.0481. The van der Waals surface area contributed by atoms with E-state index in [0.717, 1.165) is 6.42 Å². The summed E-state index contributed by atoms with van der Waals surface area (Å²) in [6.45, 7) is 3.53. The van der Waals surface area contributed by atoms with Gasteiger partial charge in [-0.05, 0) is 6.42 Å². The second-order valence-corrected chi connectivity index (χ2v) is 1.96. The predicted molar refractivity (Wildman–Crippen MR) is 32.4 cm³/mol. The summed E-state index contributed by atoms with van der Waals surface area (Å²) >= 11 is 0. The standard InChI is InChI=1S/C6H9NO2/c1-2-5-3-4-6(8)7-9-5/h2,5H,1,3-4H2,(H,7,8). The van der Waals surface area contributed by atoms with E-state index >= 15 is 0 Å². The Kier molecular flexibility index (Phi) is 1.85. The van der Waals surface area contributed by atoms with E-state index in [4.69, 9.17) is 4.84 Å². The Bertz CT molecular complexity index is 123. The molecule has 0 aromatic carbocycles. The van der Waals surface area contributed by atoms with Crippen molar-refractivity contribution in [1.29, 1.82) is 0 Å². The maximum Gasteiger partial charge on any atom is 0.243 e. The smallest absolute Gasteiger partial charge is 0.243 e. The van der Waals surface area contributed by atoms with Crippen LogP contribution in [0.3, 0.4) is 0 Å². The molecule has 0 radical (unpaired) electrons. The first-order valence-corrected chi connectivity index (χ1v) is 2.90. The average molecular weight is 127 g/mol. The van der Waals surface area contributed by atoms with Crippen LogP contribution in [0.15, 0.2) is 12.7 Å². The van der Waals surface area contributed by atoms with Crippen LogP contribution in [0.2, 0.25) is 0 Å². The summed E-state index contributed by atoms with van der Waals surface area (Å²) < 4.78 is 0. The Labute approximate surface area is 53.6 Å². The van der Waals surface area contributed by atoms with Crippen LogP contribution >= 0.6 is 0 Å². The van der Waals surface area contributed by atoms with Crippen molar-refractivity contribution in [2.75, 3.05) is 0 Å². The van der Waals surface area contributed by atoms with Gasteiger partial charge in [0, 0.05) is 6.42 Å². The Hall–Kier alpha value is -0.830. The van der Waals surface area contributed by atoms with E-state index in [-0.39, 0.29) is 12.0 Å². The second-order valence-electron chi connectivity index (χ2n) is 1.96. The van der Waals surface area contributed by atoms with Gasteiger partial charge in [-0.2, -0.15) is 0 Å². The first-order valence-electron chi connectivity index (χ1n) is 2.90. The molecule has 1 heterocycles. The van der Waals surface area contributed by atoms with Crippen LogP contribution in [0.25, 0.3) is 0 Å². The minimum absolute atomic E-state index is 0.00250. The number of nitrogens with one attached hydrogen (secondary N) is 1. The monoisotopic (exact) mass is 127 g/mol. The van der Waals surface area contributed by atoms with Gasteiger partial charge in [0.1, 0.15) is 6.10 Å². The van der Waals surface area contributed by atoms with E-state index in [1.807, 2.05) is 0 Å². The van der Waals surface area contributed by atoms with E-state index in [1.54, 1.807) is 6.08 Å². The van der Waals surface area contributed by atoms with Crippen molar-refractivity contribution in [2.24, 2.45) is 0 Å². The molecule has 0 aromatic rings. The number of carbonyl (C=O) groups is 1. The van der Waals surface area contributed by atoms with Crippen molar-refractivity contribution in [3.05, 3.63) is 12.7 Å². The number of carbonyl (C=O) groups excluding carboxylic acids is 1. The third-order valence-electron chi connectivity index (χ3n) is 1.24. The molecule has 1 aliphatic rings. The summed E-state index contributed by atoms with van der Waals surface area (Å²) in [6.07, 6.45) is 2.97. The summed E-state index contributed by atoms with van der Waals surface area (Å²) in [5, 5.41) is 0. The number of rotatable bonds is 1. The molecule has 1 saturated heterocycles. The van der Waals surface area contributed by atoms with Gasteiger partial charge in [0.15, 0.2) is 0 Å². The quantitative estimate of drug-likeness (QED) is 0.517. The van der Waals surface area contributed by atoms with Gasteiger partial charge >= 0.3 is 0 Å². The first kappa shape index (κ1) is 6.29. The molecule has 0 aromatic heterocycles. The molecule has 1 atom stereocenters. The fraction of sp³-hybridized carbons (Fsp3) is 0.500. The van der Waals surface area contributed by atoms with Crippen LogP contribution in [0.4, 0.5) is 0 Å². The summed E-state index contributed by atoms with van der Waals surface area (Å²) in [5.74, 6) is -0.0481. The molecule has 0 spiro atoms. The number of hydrogen-bond donors (Lipinski definition) is 1. The fourth-order valence-corrected chi connectivity index (χ4v) is 0.691. The number of hydroxylamine groups is 1. The Balaban J connectivity index is 2.34. The van der Waals surface area contributed by atoms with Gasteiger partial charge in [-0.3, -0.25) is 9.63 Å². The zero-order valence-corrected chi connectivity index (χ0v) is 5.09. The molecule has 50 valence electrons. The van der Waals surface area contributed by atoms with Gasteiger partial charge < -0.3 is 0 Å². The average Bonchev–Trinajstić information content (AvgIpc) is 1.90. The van der Waals surface area contributed by atoms with E-state index in [1.165, 1.54) is 0 Å². The molecule has 1 rings (SSSR count). The largest absolute Gasteiger partial charge is 0.273 e. The van der Waals surface area contributed by atoms with Gasteiger partial charge in [0.2, 0.25) is 5.91 Å². The first-order chi connectivity index (χ1) is 4.33. The molecule has 9 heavy (non-hydrogen) atoms. The van der Waals surface area contributed by atoms with Crippen molar-refractivity contribution in [1.82, 2.24) is 5.48 Å². The molecule has 3 heteroatoms. The zero-order valence-electron chi connectivity index (χ0n) is 5.09. The molecule has 3 nitrogen and oxygen atoms in total. The highest BCUT2D eigenvalue weighted by atomic mass is 16.7. The summed E-state index contributed by atoms with van der Waals surface area (Å²) in [6, 6.07) is 0. The van der Waals surface area contributed by atoms with E-state index in [2.05, 4.69) is 12.1 Å². The maximum atomic E-state index is 10.5. The molecule has 1 aliphatic heterocycles. The number of hydrogen-bond acceptors (Lipinski definition) is 2. The van der Waals surface area contributed by atoms with Crippen LogP contribution in [-0.2, 0) is 9.63 Å². The Morgan fingerprint density at radius 1 is 1.89 bits per heavy atom. The molecule has 0 bridgehead atoms. The van der Waals surface area contributed by atoms with Crippen LogP contribution in [0.1, 0.15) is 12.8 Å². The van der Waals surface area contributed by atoms with Gasteiger partial charge in [-0.15, -0.1) is 6.58 Å². The van der Waals surface area contributed by atoms with E-state index < -0.39 is 0 Å². The maximum absolute atomic E-state index is 10.5. The van der Waals surface area contributed by atoms with Crippen molar-refractivity contribution in [3.63, 3.8) is 0 Å². The molecule has 1 N–H and O–H groups in total. The predicted octanol–water partition coefficient (Wildman–Crippen LogP) is 0.383. The van der Waals surface area contributed by atoms with Gasteiger partial charge in [-0.1, -0.05) is 6.08 Å². The topological polar surface area (TPSA) is 38.3 Å². The summed E-state index contributed by atoms with van der Waals surface area (Å²) in [5.41, 5.74) is 2.27. The van der Waals surface area contributed by atoms with Crippen molar-refractivity contribution < 1.29 is 9.63 Å². The normalized spacial score (nSPS) is 27.1. The minimum Gasteiger partial charge on any atom is -0.273 e. The molecular weight excluding hydrogens is 118 g/mol. The highest BCUT2D eigenvalue weighted by Gasteiger charge is 2.14. The second kappa shape index (κ2) is 2.64. The van der Waals surface area contributed by atoms with Crippen LogP contribution < -0.4 is 5.48 Å². The lowest BCUT2D eigenvalue weighted by Crippen LogP contribution is -2.34. The highest BCUT2D eigenvalue weighted by Crippen LogP contribution is 2.06. The molecule has 0 saturated carbocycles. The highest BCUT2D eigenvalue weighted by molar-refractivity contribution is 5.75. The summed E-state index contributed by atoms with van der Waals surface area (Å²) in [4.78, 5) is 15.3. The number of amides is 1. The molecule has 1 amide bonds. The van der Waals surface area contributed by atoms with Crippen LogP contribution in [0, 0.1) is 0 Å². The third-order valence-corrected chi connectivity index (χ3v) is 1.24. The lowest BCUT2D eigenvalue weighted by molar-refractivity contribution is -0.143. The lowest BCUT2D eigenvalue weighted by atomic mass is 10.2. The molecule has 0 aliphatic carbocycles. The van der Waals surface area contributed by atoms with Gasteiger partial charge in [0.25, 0.3) is 0 Å².